The van der Waals surface area contributed by atoms with Crippen LogP contribution in [0.2, 0.25) is 0 Å². The lowest BCUT2D eigenvalue weighted by Gasteiger charge is -2.77. The lowest BCUT2D eigenvalue weighted by atomic mass is 9.28. The van der Waals surface area contributed by atoms with E-state index in [9.17, 15) is 0 Å². The zero-order valence-corrected chi connectivity index (χ0v) is 26.6. The Hall–Kier alpha value is -0.0800. The van der Waals surface area contributed by atoms with E-state index < -0.39 is 0 Å². The molecule has 2 heteroatoms. The van der Waals surface area contributed by atoms with Crippen molar-refractivity contribution in [2.45, 2.75) is 108 Å². The van der Waals surface area contributed by atoms with Crippen LogP contribution in [0.4, 0.5) is 0 Å². The molecule has 0 spiro atoms. The molecule has 0 radical (unpaired) electrons. The second-order valence-corrected chi connectivity index (χ2v) is 16.4. The van der Waals surface area contributed by atoms with Crippen LogP contribution in [0.5, 0.6) is 0 Å². The fraction of sp³-hybridized carbons (Fsp3) is 1.00. The van der Waals surface area contributed by atoms with Gasteiger partial charge in [-0.3, -0.25) is 0 Å². The number of hydrogen-bond acceptors (Lipinski definition) is 2. The molecule has 0 aromatic rings. The van der Waals surface area contributed by atoms with Crippen molar-refractivity contribution in [3.8, 4) is 0 Å². The summed E-state index contributed by atoms with van der Waals surface area (Å²) >= 11 is 0. The van der Waals surface area contributed by atoms with Gasteiger partial charge in [-0.2, -0.15) is 0 Å². The molecule has 214 valence electrons. The van der Waals surface area contributed by atoms with E-state index in [4.69, 9.17) is 9.47 Å². The maximum Gasteiger partial charge on any atom is 0.0840 e. The summed E-state index contributed by atoms with van der Waals surface area (Å²) in [5, 5.41) is 0. The summed E-state index contributed by atoms with van der Waals surface area (Å²) in [6.07, 6.45) is 4.41. The van der Waals surface area contributed by atoms with Crippen LogP contribution in [0.15, 0.2) is 0 Å². The average Bonchev–Trinajstić information content (AvgIpc) is 2.84. The summed E-state index contributed by atoms with van der Waals surface area (Å²) in [5.74, 6) is 10.0. The lowest BCUT2D eigenvalue weighted by Crippen LogP contribution is -2.72. The summed E-state index contributed by atoms with van der Waals surface area (Å²) in [7, 11) is 0. The fourth-order valence-corrected chi connectivity index (χ4v) is 13.8. The van der Waals surface area contributed by atoms with Gasteiger partial charge in [0.1, 0.15) is 0 Å². The second-order valence-electron chi connectivity index (χ2n) is 16.4. The molecule has 5 fully saturated rings. The first-order valence-corrected chi connectivity index (χ1v) is 16.4. The summed E-state index contributed by atoms with van der Waals surface area (Å²) < 4.78 is 12.5. The molecule has 16 unspecified atom stereocenters. The van der Waals surface area contributed by atoms with E-state index in [2.05, 4.69) is 83.1 Å². The van der Waals surface area contributed by atoms with Gasteiger partial charge < -0.3 is 9.47 Å². The molecule has 1 heterocycles. The summed E-state index contributed by atoms with van der Waals surface area (Å²) in [6, 6.07) is 0. The molecule has 4 saturated carbocycles. The standard InChI is InChI=1S/C35H62O2/c1-19(2)29-21(4)17-33(10)26(9)34(11)23(6)31-27(28-18-36-15-16-37-28)14-13-20(3)30(31)22(5)32(34)25(8)35(33,12)24(29)7/h19-32H,13-18H2,1-12H3. The summed E-state index contributed by atoms with van der Waals surface area (Å²) in [5.41, 5.74) is 1.13. The van der Waals surface area contributed by atoms with E-state index in [-0.39, 0.29) is 0 Å². The minimum Gasteiger partial charge on any atom is -0.376 e. The Labute approximate surface area is 230 Å². The molecule has 4 aliphatic carbocycles. The SMILES string of the molecule is CC(C)C1C(C)CC2(C)C(C)C3(C)C(C)C4C(C5COCCO5)CCC(C)C4C(C)C3C(C)C2(C)C1C. The van der Waals surface area contributed by atoms with Gasteiger partial charge in [-0.25, -0.2) is 0 Å². The highest BCUT2D eigenvalue weighted by Gasteiger charge is 2.73. The molecule has 5 aliphatic rings. The van der Waals surface area contributed by atoms with Crippen LogP contribution in [0, 0.1) is 93.2 Å². The zero-order chi connectivity index (χ0) is 27.2. The number of fused-ring (bicyclic) bond motifs is 3. The Morgan fingerprint density at radius 3 is 2.03 bits per heavy atom. The maximum absolute atomic E-state index is 6.46. The third-order valence-electron chi connectivity index (χ3n) is 15.6. The van der Waals surface area contributed by atoms with E-state index in [0.717, 1.165) is 90.8 Å². The Kier molecular flexibility index (Phi) is 7.30. The van der Waals surface area contributed by atoms with Crippen LogP contribution in [0.3, 0.4) is 0 Å². The molecule has 1 aliphatic heterocycles. The van der Waals surface area contributed by atoms with E-state index in [0.29, 0.717) is 28.3 Å². The van der Waals surface area contributed by atoms with Crippen LogP contribution in [-0.2, 0) is 9.47 Å². The van der Waals surface area contributed by atoms with Crippen molar-refractivity contribution in [2.24, 2.45) is 93.2 Å². The van der Waals surface area contributed by atoms with E-state index >= 15 is 0 Å². The Morgan fingerprint density at radius 2 is 1.43 bits per heavy atom. The molecule has 0 aromatic carbocycles. The molecule has 16 atom stereocenters. The molecule has 1 saturated heterocycles. The maximum atomic E-state index is 6.46. The number of rotatable bonds is 2. The van der Waals surface area contributed by atoms with Gasteiger partial charge in [0, 0.05) is 0 Å². The Morgan fingerprint density at radius 1 is 0.757 bits per heavy atom. The quantitative estimate of drug-likeness (QED) is 0.366. The van der Waals surface area contributed by atoms with Crippen LogP contribution in [0.1, 0.15) is 102 Å². The van der Waals surface area contributed by atoms with Crippen molar-refractivity contribution in [1.82, 2.24) is 0 Å². The third kappa shape index (κ3) is 3.62. The number of hydrogen-bond donors (Lipinski definition) is 0. The second kappa shape index (κ2) is 9.49. The molecule has 37 heavy (non-hydrogen) atoms. The monoisotopic (exact) mass is 514 g/mol. The molecule has 0 amide bonds. The molecule has 5 rings (SSSR count). The highest BCUT2D eigenvalue weighted by atomic mass is 16.6. The predicted octanol–water partition coefficient (Wildman–Crippen LogP) is 8.84. The highest BCUT2D eigenvalue weighted by molar-refractivity contribution is 5.20. The van der Waals surface area contributed by atoms with Gasteiger partial charge in [0.25, 0.3) is 0 Å². The normalized spacial score (nSPS) is 60.4. The third-order valence-corrected chi connectivity index (χ3v) is 15.6. The highest BCUT2D eigenvalue weighted by Crippen LogP contribution is 2.78. The molecular weight excluding hydrogens is 452 g/mol. The Balaban J connectivity index is 1.61. The fourth-order valence-electron chi connectivity index (χ4n) is 13.8. The Bertz CT molecular complexity index is 831. The first-order valence-electron chi connectivity index (χ1n) is 16.4. The molecule has 0 aromatic heterocycles. The van der Waals surface area contributed by atoms with Crippen molar-refractivity contribution in [3.05, 3.63) is 0 Å². The topological polar surface area (TPSA) is 18.5 Å². The molecule has 2 nitrogen and oxygen atoms in total. The first kappa shape index (κ1) is 28.4. The average molecular weight is 515 g/mol. The van der Waals surface area contributed by atoms with Crippen molar-refractivity contribution >= 4 is 0 Å². The largest absolute Gasteiger partial charge is 0.376 e. The van der Waals surface area contributed by atoms with Gasteiger partial charge in [0.2, 0.25) is 0 Å². The van der Waals surface area contributed by atoms with Crippen molar-refractivity contribution in [3.63, 3.8) is 0 Å². The first-order chi connectivity index (χ1) is 17.2. The van der Waals surface area contributed by atoms with Crippen LogP contribution in [-0.4, -0.2) is 25.9 Å². The van der Waals surface area contributed by atoms with Gasteiger partial charge in [-0.15, -0.1) is 0 Å². The van der Waals surface area contributed by atoms with Crippen LogP contribution >= 0.6 is 0 Å². The van der Waals surface area contributed by atoms with Crippen molar-refractivity contribution in [1.29, 1.82) is 0 Å². The summed E-state index contributed by atoms with van der Waals surface area (Å²) in [6.45, 7) is 34.4. The predicted molar refractivity (Wildman–Crippen MR) is 155 cm³/mol. The van der Waals surface area contributed by atoms with Gasteiger partial charge in [-0.05, 0) is 106 Å². The lowest BCUT2D eigenvalue weighted by molar-refractivity contribution is -0.297. The molecule has 0 bridgehead atoms. The van der Waals surface area contributed by atoms with Crippen LogP contribution in [0.25, 0.3) is 0 Å². The van der Waals surface area contributed by atoms with Crippen molar-refractivity contribution in [2.75, 3.05) is 19.8 Å². The minimum atomic E-state index is 0.308. The van der Waals surface area contributed by atoms with Gasteiger partial charge in [0.15, 0.2) is 0 Å². The van der Waals surface area contributed by atoms with Gasteiger partial charge in [-0.1, -0.05) is 89.5 Å². The van der Waals surface area contributed by atoms with E-state index in [1.54, 1.807) is 0 Å². The van der Waals surface area contributed by atoms with E-state index in [1.807, 2.05) is 0 Å². The minimum absolute atomic E-state index is 0.308. The smallest absolute Gasteiger partial charge is 0.0840 e. The van der Waals surface area contributed by atoms with Crippen LogP contribution < -0.4 is 0 Å². The van der Waals surface area contributed by atoms with Crippen molar-refractivity contribution < 1.29 is 9.47 Å². The van der Waals surface area contributed by atoms with E-state index in [1.165, 1.54) is 19.3 Å². The summed E-state index contributed by atoms with van der Waals surface area (Å²) in [4.78, 5) is 0. The zero-order valence-electron chi connectivity index (χ0n) is 26.6. The molecule has 0 N–H and O–H groups in total. The van der Waals surface area contributed by atoms with Gasteiger partial charge in [0.05, 0.1) is 25.9 Å². The molecular formula is C35H62O2. The number of ether oxygens (including phenoxy) is 2. The van der Waals surface area contributed by atoms with Gasteiger partial charge >= 0.3 is 0 Å².